The van der Waals surface area contributed by atoms with Gasteiger partial charge in [-0.15, -0.1) is 0 Å². The number of carbonyl (C=O) groups is 1. The van der Waals surface area contributed by atoms with Gasteiger partial charge in [-0.05, 0) is 24.3 Å². The molecule has 0 saturated carbocycles. The SMILES string of the molecule is O=C(c1ccsc1)N1CCN(CCOC[C@H]2CCCO2)CC1. The fourth-order valence-corrected chi connectivity index (χ4v) is 3.56. The topological polar surface area (TPSA) is 42.0 Å². The summed E-state index contributed by atoms with van der Waals surface area (Å²) in [5.74, 6) is 0.163. The molecule has 2 aliphatic heterocycles. The predicted molar refractivity (Wildman–Crippen MR) is 86.5 cm³/mol. The molecule has 0 spiro atoms. The van der Waals surface area contributed by atoms with E-state index in [0.29, 0.717) is 6.10 Å². The molecule has 122 valence electrons. The van der Waals surface area contributed by atoms with E-state index in [-0.39, 0.29) is 5.91 Å². The molecule has 0 unspecified atom stereocenters. The Hall–Kier alpha value is -0.950. The highest BCUT2D eigenvalue weighted by molar-refractivity contribution is 7.08. The first-order valence-corrected chi connectivity index (χ1v) is 9.00. The van der Waals surface area contributed by atoms with E-state index in [4.69, 9.17) is 9.47 Å². The van der Waals surface area contributed by atoms with Crippen molar-refractivity contribution in [1.82, 2.24) is 9.80 Å². The lowest BCUT2D eigenvalue weighted by molar-refractivity contribution is 0.00657. The van der Waals surface area contributed by atoms with Gasteiger partial charge in [-0.25, -0.2) is 0 Å². The fraction of sp³-hybridized carbons (Fsp3) is 0.688. The molecule has 2 aliphatic rings. The number of rotatable bonds is 6. The number of nitrogens with zero attached hydrogens (tertiary/aromatic N) is 2. The molecule has 0 bridgehead atoms. The number of hydrogen-bond acceptors (Lipinski definition) is 5. The summed E-state index contributed by atoms with van der Waals surface area (Å²) in [4.78, 5) is 16.6. The van der Waals surface area contributed by atoms with Crippen molar-refractivity contribution in [1.29, 1.82) is 0 Å². The Morgan fingerprint density at radius 3 is 2.91 bits per heavy atom. The molecule has 5 nitrogen and oxygen atoms in total. The van der Waals surface area contributed by atoms with E-state index in [2.05, 4.69) is 4.90 Å². The summed E-state index contributed by atoms with van der Waals surface area (Å²) in [5, 5.41) is 3.88. The smallest absolute Gasteiger partial charge is 0.254 e. The molecule has 1 atom stereocenters. The standard InChI is InChI=1S/C16H24N2O3S/c19-16(14-3-11-22-13-14)18-6-4-17(5-7-18)8-10-20-12-15-2-1-9-21-15/h3,11,13,15H,1-2,4-10,12H2/t15-/m1/s1. The summed E-state index contributed by atoms with van der Waals surface area (Å²) in [7, 11) is 0. The van der Waals surface area contributed by atoms with Crippen LogP contribution in [-0.2, 0) is 9.47 Å². The molecule has 1 aromatic heterocycles. The predicted octanol–water partition coefficient (Wildman–Crippen LogP) is 1.70. The average molecular weight is 324 g/mol. The number of carbonyl (C=O) groups excluding carboxylic acids is 1. The lowest BCUT2D eigenvalue weighted by atomic mass is 10.2. The first-order chi connectivity index (χ1) is 10.8. The zero-order valence-electron chi connectivity index (χ0n) is 12.9. The van der Waals surface area contributed by atoms with Gasteiger partial charge in [-0.3, -0.25) is 9.69 Å². The van der Waals surface area contributed by atoms with Crippen LogP contribution in [0, 0.1) is 0 Å². The van der Waals surface area contributed by atoms with Gasteiger partial charge in [0.1, 0.15) is 0 Å². The first-order valence-electron chi connectivity index (χ1n) is 8.06. The minimum atomic E-state index is 0.163. The Kier molecular flexibility index (Phi) is 5.83. The van der Waals surface area contributed by atoms with Crippen molar-refractivity contribution in [3.8, 4) is 0 Å². The van der Waals surface area contributed by atoms with Gasteiger partial charge in [-0.1, -0.05) is 0 Å². The second-order valence-electron chi connectivity index (χ2n) is 5.86. The second-order valence-corrected chi connectivity index (χ2v) is 6.64. The van der Waals surface area contributed by atoms with Crippen LogP contribution in [0.5, 0.6) is 0 Å². The Labute approximate surface area is 135 Å². The Balaban J connectivity index is 1.31. The molecule has 3 rings (SSSR count). The van der Waals surface area contributed by atoms with E-state index in [9.17, 15) is 4.79 Å². The molecule has 2 saturated heterocycles. The molecule has 2 fully saturated rings. The van der Waals surface area contributed by atoms with Crippen LogP contribution < -0.4 is 0 Å². The van der Waals surface area contributed by atoms with Crippen molar-refractivity contribution in [2.45, 2.75) is 18.9 Å². The first kappa shape index (κ1) is 15.9. The van der Waals surface area contributed by atoms with Gasteiger partial charge in [0.2, 0.25) is 0 Å². The zero-order valence-corrected chi connectivity index (χ0v) is 13.7. The molecule has 0 aromatic carbocycles. The van der Waals surface area contributed by atoms with E-state index >= 15 is 0 Å². The lowest BCUT2D eigenvalue weighted by Gasteiger charge is -2.34. The molecule has 22 heavy (non-hydrogen) atoms. The van der Waals surface area contributed by atoms with Gasteiger partial charge in [0, 0.05) is 44.7 Å². The summed E-state index contributed by atoms with van der Waals surface area (Å²) in [5.41, 5.74) is 0.818. The van der Waals surface area contributed by atoms with Crippen LogP contribution in [0.15, 0.2) is 16.8 Å². The van der Waals surface area contributed by atoms with Gasteiger partial charge in [0.05, 0.1) is 24.9 Å². The number of ether oxygens (including phenoxy) is 2. The lowest BCUT2D eigenvalue weighted by Crippen LogP contribution is -2.49. The molecular weight excluding hydrogens is 300 g/mol. The van der Waals surface area contributed by atoms with Crippen LogP contribution in [0.25, 0.3) is 0 Å². The van der Waals surface area contributed by atoms with Gasteiger partial charge in [0.25, 0.3) is 5.91 Å². The van der Waals surface area contributed by atoms with Crippen molar-refractivity contribution < 1.29 is 14.3 Å². The third-order valence-corrected chi connectivity index (χ3v) is 4.99. The zero-order chi connectivity index (χ0) is 15.2. The highest BCUT2D eigenvalue weighted by atomic mass is 32.1. The Bertz CT molecular complexity index is 452. The summed E-state index contributed by atoms with van der Waals surface area (Å²) in [6.45, 7) is 6.76. The van der Waals surface area contributed by atoms with Crippen molar-refractivity contribution >= 4 is 17.2 Å². The maximum absolute atomic E-state index is 12.3. The van der Waals surface area contributed by atoms with Crippen LogP contribution >= 0.6 is 11.3 Å². The van der Waals surface area contributed by atoms with Gasteiger partial charge < -0.3 is 14.4 Å². The Morgan fingerprint density at radius 1 is 1.36 bits per heavy atom. The maximum Gasteiger partial charge on any atom is 0.254 e. The van der Waals surface area contributed by atoms with Gasteiger partial charge in [-0.2, -0.15) is 11.3 Å². The van der Waals surface area contributed by atoms with E-state index in [1.54, 1.807) is 11.3 Å². The average Bonchev–Trinajstić information content (AvgIpc) is 3.25. The van der Waals surface area contributed by atoms with E-state index < -0.39 is 0 Å². The molecule has 3 heterocycles. The van der Waals surface area contributed by atoms with Crippen molar-refractivity contribution in [2.75, 3.05) is 52.5 Å². The van der Waals surface area contributed by atoms with Crippen LogP contribution in [0.2, 0.25) is 0 Å². The van der Waals surface area contributed by atoms with E-state index in [1.165, 1.54) is 0 Å². The molecule has 0 aliphatic carbocycles. The monoisotopic (exact) mass is 324 g/mol. The second kappa shape index (κ2) is 8.06. The molecule has 0 N–H and O–H groups in total. The third kappa shape index (κ3) is 4.29. The number of piperazine rings is 1. The van der Waals surface area contributed by atoms with Crippen molar-refractivity contribution in [3.63, 3.8) is 0 Å². The highest BCUT2D eigenvalue weighted by Gasteiger charge is 2.22. The van der Waals surface area contributed by atoms with Crippen LogP contribution in [-0.4, -0.2) is 74.4 Å². The van der Waals surface area contributed by atoms with Crippen molar-refractivity contribution in [3.05, 3.63) is 22.4 Å². The van der Waals surface area contributed by atoms with Crippen molar-refractivity contribution in [2.24, 2.45) is 0 Å². The maximum atomic E-state index is 12.3. The normalized spacial score (nSPS) is 23.1. The number of thiophene rings is 1. The van der Waals surface area contributed by atoms with Crippen LogP contribution in [0.1, 0.15) is 23.2 Å². The third-order valence-electron chi connectivity index (χ3n) is 4.31. The molecule has 0 radical (unpaired) electrons. The summed E-state index contributed by atoms with van der Waals surface area (Å²) in [6.07, 6.45) is 2.59. The minimum absolute atomic E-state index is 0.163. The molecular formula is C16H24N2O3S. The minimum Gasteiger partial charge on any atom is -0.377 e. The number of hydrogen-bond donors (Lipinski definition) is 0. The largest absolute Gasteiger partial charge is 0.377 e. The molecule has 6 heteroatoms. The highest BCUT2D eigenvalue weighted by Crippen LogP contribution is 2.13. The summed E-state index contributed by atoms with van der Waals surface area (Å²) in [6, 6.07) is 1.90. The summed E-state index contributed by atoms with van der Waals surface area (Å²) >= 11 is 1.57. The summed E-state index contributed by atoms with van der Waals surface area (Å²) < 4.78 is 11.2. The van der Waals surface area contributed by atoms with Gasteiger partial charge in [0.15, 0.2) is 0 Å². The molecule has 1 aromatic rings. The quantitative estimate of drug-likeness (QED) is 0.747. The fourth-order valence-electron chi connectivity index (χ4n) is 2.93. The van der Waals surface area contributed by atoms with E-state index in [1.807, 2.05) is 21.7 Å². The van der Waals surface area contributed by atoms with E-state index in [0.717, 1.165) is 70.9 Å². The van der Waals surface area contributed by atoms with Crippen LogP contribution in [0.3, 0.4) is 0 Å². The van der Waals surface area contributed by atoms with Gasteiger partial charge >= 0.3 is 0 Å². The van der Waals surface area contributed by atoms with Crippen LogP contribution in [0.4, 0.5) is 0 Å². The molecule has 1 amide bonds. The Morgan fingerprint density at radius 2 is 2.23 bits per heavy atom. The number of amides is 1.